The summed E-state index contributed by atoms with van der Waals surface area (Å²) < 4.78 is 0. The summed E-state index contributed by atoms with van der Waals surface area (Å²) in [6.07, 6.45) is 5.33. The second kappa shape index (κ2) is 25.3. The van der Waals surface area contributed by atoms with Crippen molar-refractivity contribution < 1.29 is 62.5 Å². The monoisotopic (exact) mass is 248 g/mol. The van der Waals surface area contributed by atoms with Gasteiger partial charge in [-0.15, -0.1) is 26.2 Å². The van der Waals surface area contributed by atoms with Gasteiger partial charge in [0.2, 0.25) is 0 Å². The second-order valence-electron chi connectivity index (χ2n) is 2.76. The topological polar surface area (TPSA) is 28.2 Å². The fraction of sp³-hybridized carbons (Fsp3) is 1.00. The average Bonchev–Trinajstić information content (AvgIpc) is 2.67. The minimum absolute atomic E-state index is 0. The maximum atomic E-state index is 4.08. The Hall–Kier alpha value is 2.46. The van der Waals surface area contributed by atoms with Crippen LogP contribution in [0.3, 0.4) is 0 Å². The molecular formula is C8H16Cl2Li2MgN2. The second-order valence-corrected chi connectivity index (χ2v) is 2.76. The summed E-state index contributed by atoms with van der Waals surface area (Å²) in [7, 11) is 0. The minimum atomic E-state index is 0. The van der Waals surface area contributed by atoms with E-state index in [-0.39, 0.29) is 85.6 Å². The van der Waals surface area contributed by atoms with Crippen molar-refractivity contribution >= 4 is 23.1 Å². The van der Waals surface area contributed by atoms with Crippen LogP contribution in [0.4, 0.5) is 0 Å². The van der Waals surface area contributed by atoms with Crippen molar-refractivity contribution in [3.05, 3.63) is 10.6 Å². The molecule has 0 aromatic carbocycles. The van der Waals surface area contributed by atoms with Crippen LogP contribution >= 0.6 is 0 Å². The molecule has 7 heteroatoms. The maximum absolute atomic E-state index is 4.08. The van der Waals surface area contributed by atoms with Gasteiger partial charge in [0, 0.05) is 0 Å². The Kier molecular flexibility index (Phi) is 51.5. The van der Waals surface area contributed by atoms with Gasteiger partial charge in [-0.3, -0.25) is 0 Å². The molecule has 2 saturated heterocycles. The van der Waals surface area contributed by atoms with Crippen molar-refractivity contribution in [1.82, 2.24) is 0 Å². The molecule has 0 aliphatic carbocycles. The van der Waals surface area contributed by atoms with Crippen LogP contribution in [-0.2, 0) is 0 Å². The van der Waals surface area contributed by atoms with Crippen molar-refractivity contribution in [2.24, 2.45) is 0 Å². The third-order valence-corrected chi connectivity index (χ3v) is 1.76. The summed E-state index contributed by atoms with van der Waals surface area (Å²) in [4.78, 5) is 0. The number of rotatable bonds is 0. The molecule has 0 bridgehead atoms. The molecule has 0 amide bonds. The molecule has 0 aromatic heterocycles. The van der Waals surface area contributed by atoms with Crippen LogP contribution in [0.15, 0.2) is 0 Å². The van der Waals surface area contributed by atoms with Gasteiger partial charge < -0.3 is 35.4 Å². The summed E-state index contributed by atoms with van der Waals surface area (Å²) in [5, 5.41) is 8.17. The Morgan fingerprint density at radius 1 is 0.533 bits per heavy atom. The molecule has 2 aliphatic heterocycles. The van der Waals surface area contributed by atoms with Crippen LogP contribution in [0.5, 0.6) is 0 Å². The molecule has 76 valence electrons. The van der Waals surface area contributed by atoms with Gasteiger partial charge in [-0.05, 0) is 0 Å². The maximum Gasteiger partial charge on any atom is 2.00 e. The third-order valence-electron chi connectivity index (χ3n) is 1.76. The zero-order valence-corrected chi connectivity index (χ0v) is 12.9. The predicted octanol–water partition coefficient (Wildman–Crippen LogP) is -10.1. The zero-order valence-electron chi connectivity index (χ0n) is 10.0. The van der Waals surface area contributed by atoms with Crippen molar-refractivity contribution in [2.45, 2.75) is 25.7 Å². The Bertz CT molecular complexity index is 61.8. The molecule has 0 radical (unpaired) electrons. The Labute approximate surface area is 147 Å². The van der Waals surface area contributed by atoms with Crippen LogP contribution < -0.4 is 62.5 Å². The summed E-state index contributed by atoms with van der Waals surface area (Å²) >= 11 is 0. The van der Waals surface area contributed by atoms with E-state index < -0.39 is 0 Å². The van der Waals surface area contributed by atoms with Crippen molar-refractivity contribution in [3.63, 3.8) is 0 Å². The minimum Gasteiger partial charge on any atom is -1.00 e. The Balaban J connectivity index is -0.0000000333. The largest absolute Gasteiger partial charge is 2.00 e. The number of nitrogens with zero attached hydrogens (tertiary/aromatic N) is 2. The van der Waals surface area contributed by atoms with Crippen LogP contribution in [0.25, 0.3) is 10.6 Å². The standard InChI is InChI=1S/2C4H8N.2ClH.2Li.Mg/c2*1-2-4-5-3-1;;;;;/h2*1-4H2;2*1H;;;/q2*-1;;;2*+1;+2/p-2. The normalized spacial score (nSPS) is 16.0. The van der Waals surface area contributed by atoms with Crippen LogP contribution in [0.1, 0.15) is 25.7 Å². The SMILES string of the molecule is C1CC[N-]C1.C1CC[N-]C1.[Cl-].[Cl-].[Li+].[Li+].[Mg+2]. The van der Waals surface area contributed by atoms with E-state index in [0.29, 0.717) is 0 Å². The molecule has 2 aliphatic rings. The zero-order chi connectivity index (χ0) is 7.07. The molecule has 0 N–H and O–H groups in total. The molecule has 0 aromatic rings. The molecule has 2 rings (SSSR count). The molecule has 2 heterocycles. The first-order valence-corrected chi connectivity index (χ1v) is 4.26. The van der Waals surface area contributed by atoms with Gasteiger partial charge in [-0.1, -0.05) is 25.7 Å². The smallest absolute Gasteiger partial charge is 1.00 e. The van der Waals surface area contributed by atoms with E-state index in [9.17, 15) is 0 Å². The quantitative estimate of drug-likeness (QED) is 0.382. The summed E-state index contributed by atoms with van der Waals surface area (Å²) in [5.74, 6) is 0. The fourth-order valence-corrected chi connectivity index (χ4v) is 1.12. The molecule has 2 fully saturated rings. The molecule has 2 nitrogen and oxygen atoms in total. The van der Waals surface area contributed by atoms with E-state index in [1.807, 2.05) is 0 Å². The van der Waals surface area contributed by atoms with Gasteiger partial charge in [-0.2, -0.15) is 0 Å². The van der Waals surface area contributed by atoms with E-state index in [0.717, 1.165) is 26.2 Å². The first kappa shape index (κ1) is 30.5. The summed E-state index contributed by atoms with van der Waals surface area (Å²) in [6.45, 7) is 4.50. The summed E-state index contributed by atoms with van der Waals surface area (Å²) in [6, 6.07) is 0. The van der Waals surface area contributed by atoms with Gasteiger partial charge in [0.1, 0.15) is 0 Å². The molecule has 0 spiro atoms. The number of halogens is 2. The van der Waals surface area contributed by atoms with Crippen LogP contribution in [0.2, 0.25) is 0 Å². The van der Waals surface area contributed by atoms with Gasteiger partial charge in [0.15, 0.2) is 0 Å². The van der Waals surface area contributed by atoms with E-state index in [1.165, 1.54) is 25.7 Å². The van der Waals surface area contributed by atoms with Crippen LogP contribution in [-0.4, -0.2) is 49.2 Å². The van der Waals surface area contributed by atoms with E-state index in [4.69, 9.17) is 0 Å². The van der Waals surface area contributed by atoms with E-state index >= 15 is 0 Å². The molecule has 0 unspecified atom stereocenters. The van der Waals surface area contributed by atoms with Gasteiger partial charge in [0.25, 0.3) is 0 Å². The number of hydrogen-bond donors (Lipinski definition) is 0. The predicted molar refractivity (Wildman–Crippen MR) is 50.4 cm³/mol. The van der Waals surface area contributed by atoms with Gasteiger partial charge in [-0.25, -0.2) is 0 Å². The molecule has 0 atom stereocenters. The van der Waals surface area contributed by atoms with Crippen LogP contribution in [0, 0.1) is 0 Å². The summed E-state index contributed by atoms with van der Waals surface area (Å²) in [5.41, 5.74) is 0. The van der Waals surface area contributed by atoms with Crippen molar-refractivity contribution in [2.75, 3.05) is 26.2 Å². The molecular weight excluding hydrogens is 233 g/mol. The molecule has 0 saturated carbocycles. The van der Waals surface area contributed by atoms with E-state index in [1.54, 1.807) is 0 Å². The van der Waals surface area contributed by atoms with Gasteiger partial charge >= 0.3 is 60.8 Å². The Morgan fingerprint density at radius 3 is 0.800 bits per heavy atom. The van der Waals surface area contributed by atoms with E-state index in [2.05, 4.69) is 10.6 Å². The molecule has 15 heavy (non-hydrogen) atoms. The third kappa shape index (κ3) is 22.2. The fourth-order valence-electron chi connectivity index (χ4n) is 1.12. The first-order chi connectivity index (χ1) is 5.00. The van der Waals surface area contributed by atoms with Crippen molar-refractivity contribution in [3.8, 4) is 0 Å². The Morgan fingerprint density at radius 2 is 0.733 bits per heavy atom. The first-order valence-electron chi connectivity index (χ1n) is 4.26. The average molecular weight is 249 g/mol. The van der Waals surface area contributed by atoms with Crippen molar-refractivity contribution in [1.29, 1.82) is 0 Å². The van der Waals surface area contributed by atoms with Gasteiger partial charge in [0.05, 0.1) is 0 Å². The number of hydrogen-bond acceptors (Lipinski definition) is 0.